The third kappa shape index (κ3) is 2.78. The molecule has 0 fully saturated rings. The lowest BCUT2D eigenvalue weighted by Crippen LogP contribution is -2.05. The Morgan fingerprint density at radius 2 is 1.76 bits per heavy atom. The van der Waals surface area contributed by atoms with Gasteiger partial charge in [0.25, 0.3) is 0 Å². The standard InChI is InChI=1S/C15H10ClF2N3/c16-15-20-19-14(10-4-2-1-3-5-10)21(15)9-11-8-12(17)6-7-13(11)18/h1-8H,9H2. The van der Waals surface area contributed by atoms with Crippen molar-refractivity contribution in [1.29, 1.82) is 0 Å². The van der Waals surface area contributed by atoms with E-state index in [4.69, 9.17) is 11.6 Å². The van der Waals surface area contributed by atoms with E-state index in [9.17, 15) is 8.78 Å². The molecular formula is C15H10ClF2N3. The van der Waals surface area contributed by atoms with E-state index in [1.807, 2.05) is 30.3 Å². The zero-order valence-electron chi connectivity index (χ0n) is 10.8. The first-order valence-electron chi connectivity index (χ1n) is 6.23. The van der Waals surface area contributed by atoms with Crippen molar-refractivity contribution in [3.8, 4) is 11.4 Å². The lowest BCUT2D eigenvalue weighted by Gasteiger charge is -2.09. The van der Waals surface area contributed by atoms with Crippen LogP contribution in [0.15, 0.2) is 48.5 Å². The fourth-order valence-corrected chi connectivity index (χ4v) is 2.24. The van der Waals surface area contributed by atoms with Gasteiger partial charge in [-0.3, -0.25) is 4.57 Å². The lowest BCUT2D eigenvalue weighted by atomic mass is 10.2. The molecule has 0 saturated carbocycles. The van der Waals surface area contributed by atoms with Gasteiger partial charge in [0.2, 0.25) is 5.28 Å². The minimum atomic E-state index is -0.503. The second kappa shape index (κ2) is 5.61. The van der Waals surface area contributed by atoms with Crippen LogP contribution in [0.5, 0.6) is 0 Å². The van der Waals surface area contributed by atoms with Gasteiger partial charge < -0.3 is 0 Å². The third-order valence-electron chi connectivity index (χ3n) is 3.07. The number of nitrogens with zero attached hydrogens (tertiary/aromatic N) is 3. The molecule has 3 rings (SSSR count). The molecule has 1 aromatic heterocycles. The molecule has 0 radical (unpaired) electrons. The number of rotatable bonds is 3. The van der Waals surface area contributed by atoms with Crippen molar-refractivity contribution in [3.05, 3.63) is 71.0 Å². The Morgan fingerprint density at radius 1 is 1.00 bits per heavy atom. The highest BCUT2D eigenvalue weighted by Crippen LogP contribution is 2.22. The summed E-state index contributed by atoms with van der Waals surface area (Å²) >= 11 is 6.01. The van der Waals surface area contributed by atoms with E-state index < -0.39 is 11.6 Å². The summed E-state index contributed by atoms with van der Waals surface area (Å²) in [6.07, 6.45) is 0. The molecule has 0 aliphatic carbocycles. The van der Waals surface area contributed by atoms with Crippen LogP contribution < -0.4 is 0 Å². The molecule has 0 amide bonds. The van der Waals surface area contributed by atoms with Crippen molar-refractivity contribution in [2.24, 2.45) is 0 Å². The van der Waals surface area contributed by atoms with Gasteiger partial charge in [0.15, 0.2) is 5.82 Å². The minimum absolute atomic E-state index is 0.0552. The van der Waals surface area contributed by atoms with E-state index in [0.29, 0.717) is 5.82 Å². The molecule has 1 heterocycles. The quantitative estimate of drug-likeness (QED) is 0.734. The Balaban J connectivity index is 2.03. The lowest BCUT2D eigenvalue weighted by molar-refractivity contribution is 0.577. The second-order valence-corrected chi connectivity index (χ2v) is 4.82. The van der Waals surface area contributed by atoms with Crippen molar-refractivity contribution in [2.75, 3.05) is 0 Å². The monoisotopic (exact) mass is 305 g/mol. The van der Waals surface area contributed by atoms with E-state index in [1.165, 1.54) is 4.57 Å². The van der Waals surface area contributed by atoms with Crippen molar-refractivity contribution >= 4 is 11.6 Å². The predicted octanol–water partition coefficient (Wildman–Crippen LogP) is 3.93. The highest BCUT2D eigenvalue weighted by Gasteiger charge is 2.14. The molecule has 0 saturated heterocycles. The molecule has 3 aromatic rings. The largest absolute Gasteiger partial charge is 0.293 e. The Labute approximate surface area is 124 Å². The molecule has 0 N–H and O–H groups in total. The average molecular weight is 306 g/mol. The summed E-state index contributed by atoms with van der Waals surface area (Å²) in [5.41, 5.74) is 0.989. The average Bonchev–Trinajstić information content (AvgIpc) is 2.85. The first-order chi connectivity index (χ1) is 10.1. The predicted molar refractivity (Wildman–Crippen MR) is 75.9 cm³/mol. The minimum Gasteiger partial charge on any atom is -0.293 e. The normalized spacial score (nSPS) is 10.8. The van der Waals surface area contributed by atoms with Crippen LogP contribution in [0, 0.1) is 11.6 Å². The van der Waals surface area contributed by atoms with E-state index in [0.717, 1.165) is 23.8 Å². The first kappa shape index (κ1) is 13.7. The first-order valence-corrected chi connectivity index (χ1v) is 6.61. The van der Waals surface area contributed by atoms with Gasteiger partial charge in [0.05, 0.1) is 6.54 Å². The van der Waals surface area contributed by atoms with Gasteiger partial charge in [-0.25, -0.2) is 8.78 Å². The SMILES string of the molecule is Fc1ccc(F)c(Cn2c(Cl)nnc2-c2ccccc2)c1. The summed E-state index contributed by atoms with van der Waals surface area (Å²) in [5, 5.41) is 7.93. The zero-order valence-corrected chi connectivity index (χ0v) is 11.6. The molecule has 0 unspecified atom stereocenters. The maximum atomic E-state index is 13.8. The molecule has 21 heavy (non-hydrogen) atoms. The van der Waals surface area contributed by atoms with Crippen LogP contribution in [-0.4, -0.2) is 14.8 Å². The van der Waals surface area contributed by atoms with Gasteiger partial charge >= 0.3 is 0 Å². The zero-order chi connectivity index (χ0) is 14.8. The van der Waals surface area contributed by atoms with Crippen LogP contribution in [0.1, 0.15) is 5.56 Å². The summed E-state index contributed by atoms with van der Waals surface area (Å²) in [4.78, 5) is 0. The third-order valence-corrected chi connectivity index (χ3v) is 3.35. The van der Waals surface area contributed by atoms with Gasteiger partial charge in [-0.1, -0.05) is 30.3 Å². The molecular weight excluding hydrogens is 296 g/mol. The van der Waals surface area contributed by atoms with Gasteiger partial charge in [-0.2, -0.15) is 0 Å². The van der Waals surface area contributed by atoms with Crippen LogP contribution in [0.4, 0.5) is 8.78 Å². The number of hydrogen-bond donors (Lipinski definition) is 0. The van der Waals surface area contributed by atoms with Crippen LogP contribution in [-0.2, 0) is 6.54 Å². The van der Waals surface area contributed by atoms with E-state index >= 15 is 0 Å². The molecule has 6 heteroatoms. The summed E-state index contributed by atoms with van der Waals surface area (Å²) in [6.45, 7) is 0.0552. The number of hydrogen-bond acceptors (Lipinski definition) is 2. The Bertz CT molecular complexity index is 772. The fraction of sp³-hybridized carbons (Fsp3) is 0.0667. The van der Waals surface area contributed by atoms with Gasteiger partial charge in [0, 0.05) is 11.1 Å². The van der Waals surface area contributed by atoms with Crippen molar-refractivity contribution in [3.63, 3.8) is 0 Å². The molecule has 0 atom stereocenters. The van der Waals surface area contributed by atoms with Crippen LogP contribution in [0.25, 0.3) is 11.4 Å². The van der Waals surface area contributed by atoms with Gasteiger partial charge in [0.1, 0.15) is 11.6 Å². The highest BCUT2D eigenvalue weighted by atomic mass is 35.5. The van der Waals surface area contributed by atoms with Gasteiger partial charge in [-0.15, -0.1) is 10.2 Å². The molecule has 0 bridgehead atoms. The van der Waals surface area contributed by atoms with E-state index in [-0.39, 0.29) is 17.4 Å². The van der Waals surface area contributed by atoms with Crippen LogP contribution in [0.2, 0.25) is 5.28 Å². The van der Waals surface area contributed by atoms with E-state index in [2.05, 4.69) is 10.2 Å². The maximum Gasteiger partial charge on any atom is 0.225 e. The topological polar surface area (TPSA) is 30.7 Å². The summed E-state index contributed by atoms with van der Waals surface area (Å²) < 4.78 is 28.6. The van der Waals surface area contributed by atoms with Crippen molar-refractivity contribution in [1.82, 2.24) is 14.8 Å². The number of benzene rings is 2. The summed E-state index contributed by atoms with van der Waals surface area (Å²) in [6, 6.07) is 12.6. The molecule has 0 spiro atoms. The van der Waals surface area contributed by atoms with Crippen molar-refractivity contribution < 1.29 is 8.78 Å². The molecule has 0 aliphatic heterocycles. The highest BCUT2D eigenvalue weighted by molar-refractivity contribution is 6.28. The summed E-state index contributed by atoms with van der Waals surface area (Å²) in [5.74, 6) is -0.499. The smallest absolute Gasteiger partial charge is 0.225 e. The van der Waals surface area contributed by atoms with Crippen LogP contribution >= 0.6 is 11.6 Å². The number of halogens is 3. The summed E-state index contributed by atoms with van der Waals surface area (Å²) in [7, 11) is 0. The Kier molecular flexibility index (Phi) is 3.66. The molecule has 3 nitrogen and oxygen atoms in total. The maximum absolute atomic E-state index is 13.8. The van der Waals surface area contributed by atoms with E-state index in [1.54, 1.807) is 0 Å². The second-order valence-electron chi connectivity index (χ2n) is 4.48. The Hall–Kier alpha value is -2.27. The van der Waals surface area contributed by atoms with Crippen LogP contribution in [0.3, 0.4) is 0 Å². The van der Waals surface area contributed by atoms with Crippen molar-refractivity contribution in [2.45, 2.75) is 6.54 Å². The van der Waals surface area contributed by atoms with Gasteiger partial charge in [-0.05, 0) is 29.8 Å². The molecule has 106 valence electrons. The number of aromatic nitrogens is 3. The molecule has 0 aliphatic rings. The fourth-order valence-electron chi connectivity index (χ4n) is 2.06. The Morgan fingerprint density at radius 3 is 2.52 bits per heavy atom. The molecule has 2 aromatic carbocycles.